The summed E-state index contributed by atoms with van der Waals surface area (Å²) < 4.78 is 0. The normalized spacial score (nSPS) is 21.0. The Hall–Kier alpha value is -0.930. The van der Waals surface area contributed by atoms with Gasteiger partial charge in [-0.1, -0.05) is 41.9 Å². The third-order valence-corrected chi connectivity index (χ3v) is 3.93. The van der Waals surface area contributed by atoms with Crippen LogP contribution in [-0.4, -0.2) is 12.8 Å². The topological polar surface area (TPSA) is 29.1 Å². The molecular weight excluding hydrogens is 230 g/mol. The highest BCUT2D eigenvalue weighted by Gasteiger charge is 2.21. The van der Waals surface area contributed by atoms with Crippen molar-refractivity contribution in [3.63, 3.8) is 0 Å². The van der Waals surface area contributed by atoms with Gasteiger partial charge in [0, 0.05) is 6.54 Å². The van der Waals surface area contributed by atoms with E-state index >= 15 is 0 Å². The summed E-state index contributed by atoms with van der Waals surface area (Å²) in [5.41, 5.74) is 1.21. The Morgan fingerprint density at radius 3 is 2.80 bits per heavy atom. The van der Waals surface area contributed by atoms with Crippen LogP contribution in [0.4, 0.5) is 0 Å². The van der Waals surface area contributed by atoms with E-state index in [1.165, 1.54) is 17.3 Å². The van der Waals surface area contributed by atoms with Crippen molar-refractivity contribution in [2.75, 3.05) is 6.54 Å². The molecule has 1 aliphatic heterocycles. The summed E-state index contributed by atoms with van der Waals surface area (Å²) in [6, 6.07) is 10.1. The average Bonchev–Trinajstić information content (AvgIpc) is 2.31. The van der Waals surface area contributed by atoms with Gasteiger partial charge in [-0.25, -0.2) is 0 Å². The first-order chi connectivity index (χ1) is 7.31. The molecule has 15 heavy (non-hydrogen) atoms. The molecule has 2 nitrogen and oxygen atoms in total. The number of allylic oxidation sites excluding steroid dienone is 1. The second-order valence-corrected chi connectivity index (χ2v) is 4.82. The van der Waals surface area contributed by atoms with Crippen molar-refractivity contribution in [1.29, 1.82) is 0 Å². The molecule has 1 heterocycles. The minimum Gasteiger partial charge on any atom is -0.373 e. The maximum Gasteiger partial charge on any atom is 0.159 e. The van der Waals surface area contributed by atoms with E-state index in [2.05, 4.69) is 17.4 Å². The van der Waals surface area contributed by atoms with Crippen LogP contribution in [0.5, 0.6) is 0 Å². The van der Waals surface area contributed by atoms with Crippen molar-refractivity contribution in [2.45, 2.75) is 5.25 Å². The highest BCUT2D eigenvalue weighted by molar-refractivity contribution is 8.04. The lowest BCUT2D eigenvalue weighted by Gasteiger charge is -2.23. The lowest BCUT2D eigenvalue weighted by molar-refractivity contribution is -0.104. The van der Waals surface area contributed by atoms with Crippen LogP contribution in [0.15, 0.2) is 40.4 Å². The maximum absolute atomic E-state index is 10.7. The zero-order valence-electron chi connectivity index (χ0n) is 7.94. The van der Waals surface area contributed by atoms with Crippen LogP contribution in [0, 0.1) is 0 Å². The Kier molecular flexibility index (Phi) is 3.34. The van der Waals surface area contributed by atoms with Gasteiger partial charge in [-0.15, -0.1) is 11.8 Å². The molecule has 1 aromatic rings. The molecule has 0 saturated heterocycles. The molecule has 1 aromatic carbocycles. The van der Waals surface area contributed by atoms with E-state index in [-0.39, 0.29) is 5.25 Å². The Morgan fingerprint density at radius 1 is 1.40 bits per heavy atom. The molecule has 0 saturated carbocycles. The van der Waals surface area contributed by atoms with E-state index < -0.39 is 0 Å². The number of nitrogens with one attached hydrogen (secondary N) is 1. The quantitative estimate of drug-likeness (QED) is 0.636. The van der Waals surface area contributed by atoms with Gasteiger partial charge >= 0.3 is 0 Å². The van der Waals surface area contributed by atoms with Gasteiger partial charge in [-0.3, -0.25) is 4.79 Å². The number of aldehydes is 1. The van der Waals surface area contributed by atoms with Gasteiger partial charge in [0.05, 0.1) is 10.2 Å². The number of carbonyl (C=O) groups is 1. The molecule has 78 valence electrons. The number of benzene rings is 1. The molecule has 0 spiro atoms. The van der Waals surface area contributed by atoms with Crippen LogP contribution < -0.4 is 5.32 Å². The fourth-order valence-electron chi connectivity index (χ4n) is 1.45. The van der Waals surface area contributed by atoms with Gasteiger partial charge in [0.25, 0.3) is 0 Å². The maximum atomic E-state index is 10.7. The fourth-order valence-corrected chi connectivity index (χ4v) is 2.70. The largest absolute Gasteiger partial charge is 0.373 e. The van der Waals surface area contributed by atoms with Crippen LogP contribution in [0.25, 0.3) is 0 Å². The summed E-state index contributed by atoms with van der Waals surface area (Å²) in [6.07, 6.45) is 0.801. The van der Waals surface area contributed by atoms with E-state index in [0.717, 1.165) is 12.8 Å². The van der Waals surface area contributed by atoms with Gasteiger partial charge in [-0.05, 0) is 5.56 Å². The fraction of sp³-hybridized carbons (Fsp3) is 0.182. The Morgan fingerprint density at radius 2 is 2.13 bits per heavy atom. The molecule has 0 aliphatic carbocycles. The van der Waals surface area contributed by atoms with Gasteiger partial charge in [0.2, 0.25) is 0 Å². The van der Waals surface area contributed by atoms with Crippen molar-refractivity contribution in [2.24, 2.45) is 0 Å². The van der Waals surface area contributed by atoms with Crippen molar-refractivity contribution in [1.82, 2.24) is 5.32 Å². The van der Waals surface area contributed by atoms with Gasteiger partial charge in [0.15, 0.2) is 6.29 Å². The second-order valence-electron chi connectivity index (χ2n) is 3.19. The van der Waals surface area contributed by atoms with E-state index in [1.54, 1.807) is 0 Å². The summed E-state index contributed by atoms with van der Waals surface area (Å²) in [5, 5.41) is 3.74. The van der Waals surface area contributed by atoms with E-state index in [9.17, 15) is 4.79 Å². The molecule has 0 amide bonds. The number of halogens is 1. The first kappa shape index (κ1) is 10.6. The predicted octanol–water partition coefficient (Wildman–Crippen LogP) is 2.67. The SMILES string of the molecule is O=CC1=C(Cl)NCC(c2ccccc2)S1. The van der Waals surface area contributed by atoms with Gasteiger partial charge < -0.3 is 5.32 Å². The zero-order chi connectivity index (χ0) is 10.7. The van der Waals surface area contributed by atoms with Crippen molar-refractivity contribution in [3.05, 3.63) is 46.0 Å². The molecule has 0 radical (unpaired) electrons. The van der Waals surface area contributed by atoms with Crippen LogP contribution in [0.3, 0.4) is 0 Å². The molecule has 1 atom stereocenters. The molecule has 4 heteroatoms. The van der Waals surface area contributed by atoms with Crippen LogP contribution in [-0.2, 0) is 4.79 Å². The summed E-state index contributed by atoms with van der Waals surface area (Å²) >= 11 is 7.36. The van der Waals surface area contributed by atoms with E-state index in [4.69, 9.17) is 11.6 Å². The molecule has 0 fully saturated rings. The molecular formula is C11H10ClNOS. The monoisotopic (exact) mass is 239 g/mol. The average molecular weight is 240 g/mol. The molecule has 1 N–H and O–H groups in total. The second kappa shape index (κ2) is 4.73. The van der Waals surface area contributed by atoms with Crippen molar-refractivity contribution < 1.29 is 4.79 Å². The van der Waals surface area contributed by atoms with Crippen LogP contribution in [0.1, 0.15) is 10.8 Å². The zero-order valence-corrected chi connectivity index (χ0v) is 9.52. The van der Waals surface area contributed by atoms with E-state index in [1.807, 2.05) is 18.2 Å². The minimum absolute atomic E-state index is 0.258. The summed E-state index contributed by atoms with van der Waals surface area (Å²) in [7, 11) is 0. The van der Waals surface area contributed by atoms with Crippen molar-refractivity contribution in [3.8, 4) is 0 Å². The lowest BCUT2D eigenvalue weighted by Crippen LogP contribution is -2.23. The van der Waals surface area contributed by atoms with Crippen molar-refractivity contribution >= 4 is 29.6 Å². The Labute approximate surface area is 97.7 Å². The summed E-state index contributed by atoms with van der Waals surface area (Å²) in [4.78, 5) is 11.3. The third-order valence-electron chi connectivity index (χ3n) is 2.21. The number of carbonyl (C=O) groups excluding carboxylic acids is 1. The first-order valence-electron chi connectivity index (χ1n) is 4.61. The predicted molar refractivity (Wildman–Crippen MR) is 63.7 cm³/mol. The number of hydrogen-bond acceptors (Lipinski definition) is 3. The summed E-state index contributed by atoms with van der Waals surface area (Å²) in [6.45, 7) is 0.755. The first-order valence-corrected chi connectivity index (χ1v) is 5.87. The summed E-state index contributed by atoms with van der Waals surface area (Å²) in [5.74, 6) is 0. The molecule has 0 bridgehead atoms. The molecule has 1 unspecified atom stereocenters. The number of thioether (sulfide) groups is 1. The Balaban J connectivity index is 2.19. The van der Waals surface area contributed by atoms with Crippen LogP contribution >= 0.6 is 23.4 Å². The standard InChI is InChI=1S/C11H10ClNOS/c12-11-10(7-14)15-9(6-13-11)8-4-2-1-3-5-8/h1-5,7,9,13H,6H2. The minimum atomic E-state index is 0.258. The van der Waals surface area contributed by atoms with Gasteiger partial charge in [0.1, 0.15) is 5.16 Å². The van der Waals surface area contributed by atoms with Crippen LogP contribution in [0.2, 0.25) is 0 Å². The third kappa shape index (κ3) is 2.36. The highest BCUT2D eigenvalue weighted by Crippen LogP contribution is 2.38. The number of rotatable bonds is 2. The number of hydrogen-bond donors (Lipinski definition) is 1. The molecule has 0 aromatic heterocycles. The van der Waals surface area contributed by atoms with E-state index in [0.29, 0.717) is 10.1 Å². The molecule has 2 rings (SSSR count). The molecule has 1 aliphatic rings. The highest BCUT2D eigenvalue weighted by atomic mass is 35.5. The lowest BCUT2D eigenvalue weighted by atomic mass is 10.1. The van der Waals surface area contributed by atoms with Gasteiger partial charge in [-0.2, -0.15) is 0 Å². The Bertz CT molecular complexity index is 391. The smallest absolute Gasteiger partial charge is 0.159 e.